The number of ether oxygens (including phenoxy) is 1. The summed E-state index contributed by atoms with van der Waals surface area (Å²) in [6.45, 7) is 11.2. The molecule has 6 heteroatoms. The van der Waals surface area contributed by atoms with Crippen molar-refractivity contribution >= 4 is 16.9 Å². The Bertz CT molecular complexity index is 738. The minimum Gasteiger partial charge on any atom is -0.375 e. The van der Waals surface area contributed by atoms with Gasteiger partial charge in [0.05, 0.1) is 36.2 Å². The van der Waals surface area contributed by atoms with E-state index in [-0.39, 0.29) is 24.1 Å². The third-order valence-electron chi connectivity index (χ3n) is 4.35. The van der Waals surface area contributed by atoms with Gasteiger partial charge in [-0.15, -0.1) is 0 Å². The zero-order chi connectivity index (χ0) is 16.7. The molecule has 6 nitrogen and oxygen atoms in total. The van der Waals surface area contributed by atoms with Gasteiger partial charge in [-0.1, -0.05) is 0 Å². The fourth-order valence-electron chi connectivity index (χ4n) is 3.00. The molecule has 1 aliphatic heterocycles. The molecule has 124 valence electrons. The van der Waals surface area contributed by atoms with Gasteiger partial charge in [0.15, 0.2) is 5.65 Å². The molecular weight excluding hydrogens is 292 g/mol. The number of fused-ring (bicyclic) bond motifs is 1. The van der Waals surface area contributed by atoms with Crippen LogP contribution in [0, 0.1) is 6.92 Å². The maximum Gasteiger partial charge on any atom is 0.256 e. The van der Waals surface area contributed by atoms with Crippen LogP contribution in [0.25, 0.3) is 11.0 Å². The molecule has 2 aromatic heterocycles. The van der Waals surface area contributed by atoms with Crippen LogP contribution in [-0.2, 0) is 4.74 Å². The van der Waals surface area contributed by atoms with E-state index in [2.05, 4.69) is 23.9 Å². The maximum atomic E-state index is 13.0. The van der Waals surface area contributed by atoms with Crippen LogP contribution in [0.1, 0.15) is 49.8 Å². The monoisotopic (exact) mass is 316 g/mol. The van der Waals surface area contributed by atoms with Crippen molar-refractivity contribution in [2.24, 2.45) is 0 Å². The predicted octanol–water partition coefficient (Wildman–Crippen LogP) is 2.57. The van der Waals surface area contributed by atoms with Gasteiger partial charge in [0, 0.05) is 18.0 Å². The van der Waals surface area contributed by atoms with E-state index >= 15 is 0 Å². The molecule has 2 aromatic rings. The van der Waals surface area contributed by atoms with Crippen molar-refractivity contribution in [2.45, 2.75) is 52.8 Å². The van der Waals surface area contributed by atoms with E-state index in [0.717, 1.165) is 16.7 Å². The predicted molar refractivity (Wildman–Crippen MR) is 88.6 cm³/mol. The first-order valence-corrected chi connectivity index (χ1v) is 8.16. The van der Waals surface area contributed by atoms with Crippen molar-refractivity contribution < 1.29 is 9.53 Å². The summed E-state index contributed by atoms with van der Waals surface area (Å²) in [6.07, 6.45) is 1.85. The normalized spacial score (nSPS) is 22.1. The molecule has 1 aliphatic rings. The topological polar surface area (TPSA) is 60.2 Å². The number of amides is 1. The minimum absolute atomic E-state index is 0.0249. The Kier molecular flexibility index (Phi) is 4.10. The molecule has 2 atom stereocenters. The second kappa shape index (κ2) is 5.92. The van der Waals surface area contributed by atoms with Crippen LogP contribution in [0.15, 0.2) is 12.3 Å². The van der Waals surface area contributed by atoms with Crippen molar-refractivity contribution in [2.75, 3.05) is 13.2 Å². The Morgan fingerprint density at radius 1 is 1.39 bits per heavy atom. The number of hydrogen-bond donors (Lipinski definition) is 0. The summed E-state index contributed by atoms with van der Waals surface area (Å²) in [5.41, 5.74) is 2.23. The Morgan fingerprint density at radius 2 is 2.13 bits per heavy atom. The molecule has 2 unspecified atom stereocenters. The van der Waals surface area contributed by atoms with Crippen LogP contribution in [-0.4, -0.2) is 50.9 Å². The van der Waals surface area contributed by atoms with Gasteiger partial charge in [-0.3, -0.25) is 4.79 Å². The van der Waals surface area contributed by atoms with E-state index in [0.29, 0.717) is 18.7 Å². The molecule has 0 aliphatic carbocycles. The van der Waals surface area contributed by atoms with Crippen molar-refractivity contribution in [1.29, 1.82) is 0 Å². The molecule has 0 radical (unpaired) electrons. The molecule has 0 N–H and O–H groups in total. The summed E-state index contributed by atoms with van der Waals surface area (Å²) >= 11 is 0. The van der Waals surface area contributed by atoms with Crippen molar-refractivity contribution in [1.82, 2.24) is 19.7 Å². The van der Waals surface area contributed by atoms with Gasteiger partial charge in [0.25, 0.3) is 5.91 Å². The van der Waals surface area contributed by atoms with Crippen molar-refractivity contribution in [3.63, 3.8) is 0 Å². The lowest BCUT2D eigenvalue weighted by Gasteiger charge is -2.37. The highest BCUT2D eigenvalue weighted by atomic mass is 16.5. The zero-order valence-corrected chi connectivity index (χ0v) is 14.4. The molecule has 3 rings (SSSR count). The zero-order valence-electron chi connectivity index (χ0n) is 14.4. The minimum atomic E-state index is 0.0249. The van der Waals surface area contributed by atoms with E-state index in [9.17, 15) is 4.79 Å². The number of carbonyl (C=O) groups excluding carboxylic acids is 1. The number of aryl methyl sites for hydroxylation is 1. The second-order valence-electron chi connectivity index (χ2n) is 6.67. The Hall–Kier alpha value is -1.95. The molecule has 1 saturated heterocycles. The summed E-state index contributed by atoms with van der Waals surface area (Å²) in [4.78, 5) is 19.5. The average Bonchev–Trinajstić information content (AvgIpc) is 2.91. The van der Waals surface area contributed by atoms with Crippen molar-refractivity contribution in [3.05, 3.63) is 23.5 Å². The quantitative estimate of drug-likeness (QED) is 0.854. The summed E-state index contributed by atoms with van der Waals surface area (Å²) in [7, 11) is 0. The molecule has 1 fully saturated rings. The van der Waals surface area contributed by atoms with Crippen molar-refractivity contribution in [3.8, 4) is 0 Å². The molecule has 0 aromatic carbocycles. The van der Waals surface area contributed by atoms with Gasteiger partial charge >= 0.3 is 0 Å². The smallest absolute Gasteiger partial charge is 0.256 e. The van der Waals surface area contributed by atoms with Gasteiger partial charge in [0.2, 0.25) is 0 Å². The number of aromatic nitrogens is 3. The number of nitrogens with zero attached hydrogens (tertiary/aromatic N) is 4. The number of carbonyl (C=O) groups is 1. The standard InChI is InChI=1S/C17H24N4O2/c1-10(2)21-16-14(7-18-21)6-15(13(5)19-16)17(22)20-8-12(4)23-9-11(20)3/h6-7,10-12H,8-9H2,1-5H3. The second-order valence-corrected chi connectivity index (χ2v) is 6.67. The molecule has 0 spiro atoms. The Labute approximate surface area is 136 Å². The van der Waals surface area contributed by atoms with Crippen LogP contribution < -0.4 is 0 Å². The first kappa shape index (κ1) is 15.9. The Balaban J connectivity index is 1.99. The first-order chi connectivity index (χ1) is 10.9. The lowest BCUT2D eigenvalue weighted by Crippen LogP contribution is -2.50. The highest BCUT2D eigenvalue weighted by molar-refractivity contribution is 5.98. The maximum absolute atomic E-state index is 13.0. The van der Waals surface area contributed by atoms with Crippen LogP contribution in [0.4, 0.5) is 0 Å². The fourth-order valence-corrected chi connectivity index (χ4v) is 3.00. The number of pyridine rings is 1. The van der Waals surface area contributed by atoms with E-state index in [1.165, 1.54) is 0 Å². The number of morpholine rings is 1. The summed E-state index contributed by atoms with van der Waals surface area (Å²) in [5, 5.41) is 5.29. The molecular formula is C17H24N4O2. The molecule has 0 bridgehead atoms. The number of rotatable bonds is 2. The molecule has 1 amide bonds. The van der Waals surface area contributed by atoms with Gasteiger partial charge in [-0.2, -0.15) is 5.10 Å². The highest BCUT2D eigenvalue weighted by Crippen LogP contribution is 2.22. The van der Waals surface area contributed by atoms with Gasteiger partial charge in [-0.25, -0.2) is 9.67 Å². The summed E-state index contributed by atoms with van der Waals surface area (Å²) in [5.74, 6) is 0.0249. The van der Waals surface area contributed by atoms with Crippen LogP contribution >= 0.6 is 0 Å². The third kappa shape index (κ3) is 2.83. The summed E-state index contributed by atoms with van der Waals surface area (Å²) < 4.78 is 7.50. The van der Waals surface area contributed by atoms with Crippen LogP contribution in [0.2, 0.25) is 0 Å². The van der Waals surface area contributed by atoms with E-state index in [1.54, 1.807) is 6.20 Å². The van der Waals surface area contributed by atoms with E-state index < -0.39 is 0 Å². The lowest BCUT2D eigenvalue weighted by atomic mass is 10.1. The first-order valence-electron chi connectivity index (χ1n) is 8.16. The van der Waals surface area contributed by atoms with E-state index in [4.69, 9.17) is 4.74 Å². The lowest BCUT2D eigenvalue weighted by molar-refractivity contribution is -0.0387. The molecule has 3 heterocycles. The fraction of sp³-hybridized carbons (Fsp3) is 0.588. The van der Waals surface area contributed by atoms with Gasteiger partial charge < -0.3 is 9.64 Å². The van der Waals surface area contributed by atoms with Gasteiger partial charge in [0.1, 0.15) is 0 Å². The summed E-state index contributed by atoms with van der Waals surface area (Å²) in [6, 6.07) is 2.23. The number of hydrogen-bond acceptors (Lipinski definition) is 4. The van der Waals surface area contributed by atoms with Crippen LogP contribution in [0.3, 0.4) is 0 Å². The molecule has 23 heavy (non-hydrogen) atoms. The SMILES string of the molecule is Cc1nc2c(cnn2C(C)C)cc1C(=O)N1CC(C)OCC1C. The largest absolute Gasteiger partial charge is 0.375 e. The van der Waals surface area contributed by atoms with Crippen LogP contribution in [0.5, 0.6) is 0 Å². The van der Waals surface area contributed by atoms with Gasteiger partial charge in [-0.05, 0) is 40.7 Å². The Morgan fingerprint density at radius 3 is 2.83 bits per heavy atom. The molecule has 0 saturated carbocycles. The third-order valence-corrected chi connectivity index (χ3v) is 4.35. The highest BCUT2D eigenvalue weighted by Gasteiger charge is 2.29. The van der Waals surface area contributed by atoms with E-state index in [1.807, 2.05) is 36.4 Å². The average molecular weight is 316 g/mol.